The number of aliphatic carboxylic acids is 1. The van der Waals surface area contributed by atoms with Crippen LogP contribution in [0.5, 0.6) is 0 Å². The zero-order valence-electron chi connectivity index (χ0n) is 18.2. The quantitative estimate of drug-likeness (QED) is 0.664. The Labute approximate surface area is 192 Å². The molecule has 0 bridgehead atoms. The lowest BCUT2D eigenvalue weighted by atomic mass is 9.98. The molecule has 33 heavy (non-hydrogen) atoms. The van der Waals surface area contributed by atoms with Crippen LogP contribution in [0.4, 0.5) is 4.79 Å². The van der Waals surface area contributed by atoms with Crippen molar-refractivity contribution in [3.05, 3.63) is 59.7 Å². The van der Waals surface area contributed by atoms with Crippen LogP contribution >= 0.6 is 0 Å². The highest BCUT2D eigenvalue weighted by molar-refractivity contribution is 5.89. The highest BCUT2D eigenvalue weighted by atomic mass is 16.5. The Balaban J connectivity index is 1.43. The highest BCUT2D eigenvalue weighted by Gasteiger charge is 2.36. The third-order valence-electron chi connectivity index (χ3n) is 6.33. The largest absolute Gasteiger partial charge is 0.480 e. The summed E-state index contributed by atoms with van der Waals surface area (Å²) < 4.78 is 5.52. The van der Waals surface area contributed by atoms with Crippen molar-refractivity contribution in [1.29, 1.82) is 0 Å². The maximum Gasteiger partial charge on any atom is 0.407 e. The first-order chi connectivity index (χ1) is 16.0. The fourth-order valence-electron chi connectivity index (χ4n) is 4.75. The number of carboxylic acid groups (broad SMARTS) is 1. The number of benzene rings is 2. The van der Waals surface area contributed by atoms with Crippen molar-refractivity contribution >= 4 is 18.0 Å². The summed E-state index contributed by atoms with van der Waals surface area (Å²) in [7, 11) is 0. The van der Waals surface area contributed by atoms with Crippen LogP contribution in [0, 0.1) is 12.3 Å². The molecular formula is C26H26N2O5. The monoisotopic (exact) mass is 446 g/mol. The first-order valence-corrected chi connectivity index (χ1v) is 11.1. The number of likely N-dealkylation sites (tertiary alicyclic amines) is 1. The van der Waals surface area contributed by atoms with Gasteiger partial charge in [0.25, 0.3) is 0 Å². The molecule has 2 amide bonds. The van der Waals surface area contributed by atoms with Gasteiger partial charge in [0.2, 0.25) is 5.91 Å². The van der Waals surface area contributed by atoms with Crippen LogP contribution in [0.3, 0.4) is 0 Å². The third kappa shape index (κ3) is 4.56. The average molecular weight is 447 g/mol. The van der Waals surface area contributed by atoms with E-state index >= 15 is 0 Å². The van der Waals surface area contributed by atoms with Gasteiger partial charge in [0.1, 0.15) is 18.7 Å². The predicted molar refractivity (Wildman–Crippen MR) is 122 cm³/mol. The van der Waals surface area contributed by atoms with Crippen LogP contribution in [0.25, 0.3) is 11.1 Å². The van der Waals surface area contributed by atoms with Crippen molar-refractivity contribution in [2.75, 3.05) is 13.2 Å². The number of terminal acetylenes is 1. The van der Waals surface area contributed by atoms with E-state index in [1.165, 1.54) is 4.90 Å². The fraction of sp³-hybridized carbons (Fsp3) is 0.346. The average Bonchev–Trinajstić information content (AvgIpc) is 3.15. The van der Waals surface area contributed by atoms with Crippen molar-refractivity contribution in [2.24, 2.45) is 0 Å². The Hall–Kier alpha value is -3.79. The smallest absolute Gasteiger partial charge is 0.407 e. The molecule has 0 aromatic heterocycles. The SMILES string of the molecule is C#CCC(NC(=O)OCC1c2ccccc2-c2ccccc21)C(=O)N1CCCCC1C(=O)O. The number of carboxylic acids is 1. The van der Waals surface area contributed by atoms with Gasteiger partial charge in [-0.15, -0.1) is 12.3 Å². The molecule has 2 aliphatic rings. The van der Waals surface area contributed by atoms with Crippen LogP contribution in [0.1, 0.15) is 42.7 Å². The van der Waals surface area contributed by atoms with Crippen molar-refractivity contribution in [1.82, 2.24) is 10.2 Å². The summed E-state index contributed by atoms with van der Waals surface area (Å²) in [6.45, 7) is 0.432. The van der Waals surface area contributed by atoms with Crippen LogP contribution in [-0.4, -0.2) is 53.2 Å². The number of fused-ring (bicyclic) bond motifs is 3. The molecule has 7 heteroatoms. The van der Waals surface area contributed by atoms with E-state index < -0.39 is 30.1 Å². The summed E-state index contributed by atoms with van der Waals surface area (Å²) in [5.74, 6) is 0.743. The molecular weight excluding hydrogens is 420 g/mol. The first-order valence-electron chi connectivity index (χ1n) is 11.1. The molecule has 1 saturated heterocycles. The molecule has 170 valence electrons. The van der Waals surface area contributed by atoms with Crippen molar-refractivity contribution in [3.8, 4) is 23.5 Å². The minimum absolute atomic E-state index is 0.0497. The van der Waals surface area contributed by atoms with Gasteiger partial charge >= 0.3 is 12.1 Å². The van der Waals surface area contributed by atoms with E-state index in [0.29, 0.717) is 19.4 Å². The zero-order valence-corrected chi connectivity index (χ0v) is 18.2. The number of alkyl carbamates (subject to hydrolysis) is 1. The van der Waals surface area contributed by atoms with Gasteiger partial charge in [-0.3, -0.25) is 4.79 Å². The number of nitrogens with one attached hydrogen (secondary N) is 1. The van der Waals surface area contributed by atoms with E-state index in [9.17, 15) is 19.5 Å². The lowest BCUT2D eigenvalue weighted by Crippen LogP contribution is -2.55. The number of rotatable bonds is 6. The van der Waals surface area contributed by atoms with Gasteiger partial charge in [0.15, 0.2) is 0 Å². The number of carbonyl (C=O) groups is 3. The van der Waals surface area contributed by atoms with Gasteiger partial charge in [-0.05, 0) is 41.5 Å². The van der Waals surface area contributed by atoms with E-state index in [4.69, 9.17) is 11.2 Å². The second-order valence-electron chi connectivity index (χ2n) is 8.31. The Morgan fingerprint density at radius 3 is 2.33 bits per heavy atom. The van der Waals surface area contributed by atoms with Crippen molar-refractivity contribution < 1.29 is 24.2 Å². The maximum atomic E-state index is 13.0. The number of hydrogen-bond donors (Lipinski definition) is 2. The number of carbonyl (C=O) groups excluding carboxylic acids is 2. The van der Waals surface area contributed by atoms with E-state index in [0.717, 1.165) is 28.7 Å². The molecule has 1 heterocycles. The highest BCUT2D eigenvalue weighted by Crippen LogP contribution is 2.44. The molecule has 7 nitrogen and oxygen atoms in total. The van der Waals surface area contributed by atoms with Crippen LogP contribution < -0.4 is 5.32 Å². The number of ether oxygens (including phenoxy) is 1. The van der Waals surface area contributed by atoms with Gasteiger partial charge in [-0.25, -0.2) is 9.59 Å². The zero-order chi connectivity index (χ0) is 23.4. The first kappa shape index (κ1) is 22.4. The van der Waals surface area contributed by atoms with E-state index in [-0.39, 0.29) is 18.9 Å². The Kier molecular flexibility index (Phi) is 6.64. The lowest BCUT2D eigenvalue weighted by molar-refractivity contribution is -0.152. The third-order valence-corrected chi connectivity index (χ3v) is 6.33. The second-order valence-corrected chi connectivity index (χ2v) is 8.31. The van der Waals surface area contributed by atoms with Crippen LogP contribution in [0.2, 0.25) is 0 Å². The molecule has 0 saturated carbocycles. The topological polar surface area (TPSA) is 95.9 Å². The Bertz CT molecular complexity index is 1060. The molecule has 2 aromatic rings. The molecule has 1 aliphatic carbocycles. The van der Waals surface area contributed by atoms with E-state index in [1.54, 1.807) is 0 Å². The summed E-state index contributed by atoms with van der Waals surface area (Å²) in [5, 5.41) is 12.0. The van der Waals surface area contributed by atoms with E-state index in [2.05, 4.69) is 11.2 Å². The number of amides is 2. The molecule has 2 unspecified atom stereocenters. The summed E-state index contributed by atoms with van der Waals surface area (Å²) in [4.78, 5) is 38.5. The summed E-state index contributed by atoms with van der Waals surface area (Å²) in [5.41, 5.74) is 4.40. The summed E-state index contributed by atoms with van der Waals surface area (Å²) in [6, 6.07) is 14.1. The fourth-order valence-corrected chi connectivity index (χ4v) is 4.75. The van der Waals surface area contributed by atoms with Gasteiger partial charge in [-0.1, -0.05) is 48.5 Å². The molecule has 1 fully saturated rings. The molecule has 4 rings (SSSR count). The van der Waals surface area contributed by atoms with Gasteiger partial charge in [-0.2, -0.15) is 0 Å². The Morgan fingerprint density at radius 2 is 1.73 bits per heavy atom. The molecule has 2 N–H and O–H groups in total. The molecule has 2 aromatic carbocycles. The predicted octanol–water partition coefficient (Wildman–Crippen LogP) is 3.38. The summed E-state index contributed by atoms with van der Waals surface area (Å²) >= 11 is 0. The molecule has 0 radical (unpaired) electrons. The van der Waals surface area contributed by atoms with Gasteiger partial charge < -0.3 is 20.1 Å². The number of hydrogen-bond acceptors (Lipinski definition) is 4. The van der Waals surface area contributed by atoms with Gasteiger partial charge in [0, 0.05) is 18.9 Å². The number of nitrogens with zero attached hydrogens (tertiary/aromatic N) is 1. The minimum Gasteiger partial charge on any atom is -0.480 e. The minimum atomic E-state index is -1.05. The van der Waals surface area contributed by atoms with Crippen LogP contribution in [-0.2, 0) is 14.3 Å². The molecule has 2 atom stereocenters. The Morgan fingerprint density at radius 1 is 1.09 bits per heavy atom. The van der Waals surface area contributed by atoms with Gasteiger partial charge in [0.05, 0.1) is 0 Å². The normalized spacial score (nSPS) is 17.9. The van der Waals surface area contributed by atoms with E-state index in [1.807, 2.05) is 48.5 Å². The van der Waals surface area contributed by atoms with Crippen molar-refractivity contribution in [3.63, 3.8) is 0 Å². The van der Waals surface area contributed by atoms with Crippen molar-refractivity contribution in [2.45, 2.75) is 43.7 Å². The standard InChI is InChI=1S/C26H26N2O5/c1-2-9-22(24(29)28-15-8-7-14-23(28)25(30)31)27-26(32)33-16-21-19-12-5-3-10-17(19)18-11-4-6-13-20(18)21/h1,3-6,10-13,21-23H,7-9,14-16H2,(H,27,32)(H,30,31). The second kappa shape index (κ2) is 9.78. The maximum absolute atomic E-state index is 13.0. The number of piperidine rings is 1. The molecule has 1 aliphatic heterocycles. The molecule has 0 spiro atoms. The van der Waals surface area contributed by atoms with Crippen LogP contribution in [0.15, 0.2) is 48.5 Å². The lowest BCUT2D eigenvalue weighted by Gasteiger charge is -2.35. The summed E-state index contributed by atoms with van der Waals surface area (Å²) in [6.07, 6.45) is 6.44.